The third-order valence-electron chi connectivity index (χ3n) is 12.4. The van der Waals surface area contributed by atoms with Gasteiger partial charge in [-0.25, -0.2) is 0 Å². The van der Waals surface area contributed by atoms with Crippen molar-refractivity contribution in [3.8, 4) is 22.3 Å². The van der Waals surface area contributed by atoms with Crippen LogP contribution in [0.15, 0.2) is 218 Å². The number of allylic oxidation sites excluding steroid dienone is 12. The summed E-state index contributed by atoms with van der Waals surface area (Å²) in [5.74, 6) is 1.11. The molecule has 0 fully saturated rings. The molecule has 4 unspecified atom stereocenters. The number of fused-ring (bicyclic) bond motifs is 5. The Morgan fingerprint density at radius 1 is 0.321 bits per heavy atom. The first-order valence-electron chi connectivity index (χ1n) is 19.9. The van der Waals surface area contributed by atoms with Crippen LogP contribution in [0, 0.1) is 23.7 Å². The second kappa shape index (κ2) is 13.5. The van der Waals surface area contributed by atoms with Crippen LogP contribution >= 0.6 is 0 Å². The lowest BCUT2D eigenvalue weighted by Crippen LogP contribution is -2.40. The fourth-order valence-electron chi connectivity index (χ4n) is 9.91. The maximum atomic E-state index is 2.49. The van der Waals surface area contributed by atoms with Crippen molar-refractivity contribution in [2.24, 2.45) is 23.7 Å². The molecule has 4 atom stereocenters. The maximum absolute atomic E-state index is 2.49. The molecule has 7 aromatic carbocycles. The molecule has 0 radical (unpaired) electrons. The Morgan fingerprint density at radius 3 is 1.48 bits per heavy atom. The highest BCUT2D eigenvalue weighted by atomic mass is 14.4. The highest BCUT2D eigenvalue weighted by Crippen LogP contribution is 2.48. The molecule has 4 aliphatic carbocycles. The summed E-state index contributed by atoms with van der Waals surface area (Å²) in [6.45, 7) is 0. The summed E-state index contributed by atoms with van der Waals surface area (Å²) < 4.78 is 0. The van der Waals surface area contributed by atoms with E-state index in [2.05, 4.69) is 218 Å². The molecule has 0 saturated carbocycles. The van der Waals surface area contributed by atoms with E-state index in [4.69, 9.17) is 0 Å². The SMILES string of the molecule is C1=CC2C=CC(c3c4ccccc4c(C4=c5ccccc5=C(c5ccccc5-c5ccc(-c6ccccc6)cc5)C5C=CC=CC45)c4ccccc34)=CC2C=C1. The van der Waals surface area contributed by atoms with Crippen LogP contribution in [0.1, 0.15) is 16.7 Å². The lowest BCUT2D eigenvalue weighted by atomic mass is 9.68. The van der Waals surface area contributed by atoms with Gasteiger partial charge in [-0.05, 0) is 87.6 Å². The van der Waals surface area contributed by atoms with Gasteiger partial charge in [-0.15, -0.1) is 0 Å². The van der Waals surface area contributed by atoms with Crippen molar-refractivity contribution in [2.45, 2.75) is 0 Å². The Bertz CT molecular complexity index is 2960. The molecule has 0 amide bonds. The molecule has 56 heavy (non-hydrogen) atoms. The van der Waals surface area contributed by atoms with Crippen molar-refractivity contribution in [1.29, 1.82) is 0 Å². The average Bonchev–Trinajstić information content (AvgIpc) is 3.28. The number of hydrogen-bond donors (Lipinski definition) is 0. The number of hydrogen-bond acceptors (Lipinski definition) is 0. The molecule has 7 aromatic rings. The van der Waals surface area contributed by atoms with Gasteiger partial charge in [0.05, 0.1) is 0 Å². The second-order valence-corrected chi connectivity index (χ2v) is 15.4. The molecule has 0 aliphatic heterocycles. The molecular weight excluding hydrogens is 673 g/mol. The largest absolute Gasteiger partial charge is 0.0767 e. The quantitative estimate of drug-likeness (QED) is 0.156. The molecule has 0 N–H and O–H groups in total. The summed E-state index contributed by atoms with van der Waals surface area (Å²) in [7, 11) is 0. The molecule has 0 bridgehead atoms. The van der Waals surface area contributed by atoms with Gasteiger partial charge in [0, 0.05) is 23.7 Å². The third kappa shape index (κ3) is 5.29. The summed E-state index contributed by atoms with van der Waals surface area (Å²) in [5, 5.41) is 7.87. The summed E-state index contributed by atoms with van der Waals surface area (Å²) in [5.41, 5.74) is 13.1. The highest BCUT2D eigenvalue weighted by Gasteiger charge is 2.34. The minimum Gasteiger partial charge on any atom is -0.0767 e. The lowest BCUT2D eigenvalue weighted by molar-refractivity contribution is 0.663. The number of benzene rings is 7. The lowest BCUT2D eigenvalue weighted by Gasteiger charge is -2.35. The van der Waals surface area contributed by atoms with Gasteiger partial charge in [0.1, 0.15) is 0 Å². The van der Waals surface area contributed by atoms with E-state index in [0.29, 0.717) is 11.8 Å². The summed E-state index contributed by atoms with van der Waals surface area (Å²) in [6.07, 6.45) is 25.7. The third-order valence-corrected chi connectivity index (χ3v) is 12.4. The first-order chi connectivity index (χ1) is 27.8. The zero-order valence-corrected chi connectivity index (χ0v) is 31.1. The van der Waals surface area contributed by atoms with E-state index in [0.717, 1.165) is 0 Å². The second-order valence-electron chi connectivity index (χ2n) is 15.4. The number of rotatable bonds is 5. The monoisotopic (exact) mass is 712 g/mol. The maximum Gasteiger partial charge on any atom is 0.0138 e. The van der Waals surface area contributed by atoms with Gasteiger partial charge < -0.3 is 0 Å². The first-order valence-corrected chi connectivity index (χ1v) is 19.9. The zero-order chi connectivity index (χ0) is 37.0. The van der Waals surface area contributed by atoms with Gasteiger partial charge in [-0.2, -0.15) is 0 Å². The van der Waals surface area contributed by atoms with Gasteiger partial charge >= 0.3 is 0 Å². The summed E-state index contributed by atoms with van der Waals surface area (Å²) in [6, 6.07) is 56.3. The molecule has 0 spiro atoms. The Labute approximate surface area is 328 Å². The summed E-state index contributed by atoms with van der Waals surface area (Å²) >= 11 is 0. The van der Waals surface area contributed by atoms with E-state index in [1.54, 1.807) is 0 Å². The van der Waals surface area contributed by atoms with E-state index in [-0.39, 0.29) is 11.8 Å². The van der Waals surface area contributed by atoms with Crippen LogP contribution in [0.4, 0.5) is 0 Å². The van der Waals surface area contributed by atoms with Gasteiger partial charge in [-0.1, -0.05) is 218 Å². The predicted octanol–water partition coefficient (Wildman–Crippen LogP) is 12.4. The van der Waals surface area contributed by atoms with Gasteiger partial charge in [-0.3, -0.25) is 0 Å². The average molecular weight is 713 g/mol. The Balaban J connectivity index is 1.18. The van der Waals surface area contributed by atoms with Crippen molar-refractivity contribution in [1.82, 2.24) is 0 Å². The van der Waals surface area contributed by atoms with Crippen molar-refractivity contribution in [3.05, 3.63) is 246 Å². The van der Waals surface area contributed by atoms with Crippen molar-refractivity contribution < 1.29 is 0 Å². The molecule has 0 heterocycles. The topological polar surface area (TPSA) is 0 Å². The minimum absolute atomic E-state index is 0.157. The zero-order valence-electron chi connectivity index (χ0n) is 31.1. The van der Waals surface area contributed by atoms with E-state index in [9.17, 15) is 0 Å². The van der Waals surface area contributed by atoms with Crippen molar-refractivity contribution in [2.75, 3.05) is 0 Å². The standard InChI is InChI=1S/C56H40/c1-2-16-37(17-3-1)39-30-33-40(34-31-39)43-20-6-7-21-44(43)54-47-24-10-14-28-51(47)56(52-29-15-11-25-48(52)54)55-49-26-12-8-22-45(49)53(46-23-9-13-27-50(46)55)42-35-32-38-18-4-5-19-41(38)36-42/h1-36,38,41,47,51H. The fourth-order valence-corrected chi connectivity index (χ4v) is 9.91. The van der Waals surface area contributed by atoms with E-state index in [1.807, 2.05) is 0 Å². The van der Waals surface area contributed by atoms with Crippen LogP contribution in [0.3, 0.4) is 0 Å². The Morgan fingerprint density at radius 2 is 0.804 bits per heavy atom. The molecule has 0 saturated heterocycles. The van der Waals surface area contributed by atoms with E-state index in [1.165, 1.54) is 87.6 Å². The Kier molecular flexibility index (Phi) is 7.88. The summed E-state index contributed by atoms with van der Waals surface area (Å²) in [4.78, 5) is 0. The van der Waals surface area contributed by atoms with Crippen LogP contribution in [0.25, 0.3) is 60.5 Å². The molecular formula is C56H40. The van der Waals surface area contributed by atoms with E-state index < -0.39 is 0 Å². The van der Waals surface area contributed by atoms with Gasteiger partial charge in [0.25, 0.3) is 0 Å². The molecule has 0 aromatic heterocycles. The van der Waals surface area contributed by atoms with Crippen molar-refractivity contribution >= 4 is 38.3 Å². The van der Waals surface area contributed by atoms with Gasteiger partial charge in [0.2, 0.25) is 0 Å². The Hall–Kier alpha value is -6.76. The molecule has 0 heteroatoms. The van der Waals surface area contributed by atoms with Crippen molar-refractivity contribution in [3.63, 3.8) is 0 Å². The van der Waals surface area contributed by atoms with Crippen LogP contribution in [0.2, 0.25) is 0 Å². The molecule has 11 rings (SSSR count). The fraction of sp³-hybridized carbons (Fsp3) is 0.0714. The van der Waals surface area contributed by atoms with Crippen LogP contribution in [-0.2, 0) is 0 Å². The molecule has 264 valence electrons. The first kappa shape index (κ1) is 32.7. The normalized spacial score (nSPS) is 20.5. The molecule has 0 nitrogen and oxygen atoms in total. The smallest absolute Gasteiger partial charge is 0.0138 e. The van der Waals surface area contributed by atoms with Crippen LogP contribution in [0.5, 0.6) is 0 Å². The predicted molar refractivity (Wildman–Crippen MR) is 237 cm³/mol. The van der Waals surface area contributed by atoms with E-state index >= 15 is 0 Å². The van der Waals surface area contributed by atoms with Crippen LogP contribution in [-0.4, -0.2) is 0 Å². The molecule has 4 aliphatic rings. The van der Waals surface area contributed by atoms with Crippen LogP contribution < -0.4 is 10.4 Å². The highest BCUT2D eigenvalue weighted by molar-refractivity contribution is 6.17. The minimum atomic E-state index is 0.157. The van der Waals surface area contributed by atoms with Gasteiger partial charge in [0.15, 0.2) is 0 Å².